The van der Waals surface area contributed by atoms with E-state index < -0.39 is 149 Å². The Labute approximate surface area is 261 Å². The molecule has 0 spiro atoms. The summed E-state index contributed by atoms with van der Waals surface area (Å²) in [4.78, 5) is 0. The van der Waals surface area contributed by atoms with Crippen LogP contribution < -0.4 is 0 Å². The number of rotatable bonds is 11. The van der Waals surface area contributed by atoms with Crippen LogP contribution in [-0.4, -0.2) is 223 Å². The molecule has 0 aromatic rings. The lowest BCUT2D eigenvalue weighted by Gasteiger charge is -2.49. The summed E-state index contributed by atoms with van der Waals surface area (Å²) in [5, 5.41) is 133. The van der Waals surface area contributed by atoms with E-state index in [-0.39, 0.29) is 0 Å². The fourth-order valence-corrected chi connectivity index (χ4v) is 5.82. The number of methoxy groups -OCH3 is 1. The van der Waals surface area contributed by atoms with Gasteiger partial charge in [-0.1, -0.05) is 0 Å². The van der Waals surface area contributed by atoms with Gasteiger partial charge in [0.25, 0.3) is 0 Å². The fourth-order valence-electron chi connectivity index (χ4n) is 5.82. The van der Waals surface area contributed by atoms with Crippen LogP contribution in [0.3, 0.4) is 0 Å². The molecule has 0 bridgehead atoms. The molecule has 0 aromatic heterocycles. The number of hydrogen-bond donors (Lipinski definition) is 13. The maximum absolute atomic E-state index is 10.9. The third kappa shape index (κ3) is 7.50. The van der Waals surface area contributed by atoms with Crippen molar-refractivity contribution in [1.29, 1.82) is 0 Å². The summed E-state index contributed by atoms with van der Waals surface area (Å²) in [5.74, 6) is 0. The molecule has 46 heavy (non-hydrogen) atoms. The van der Waals surface area contributed by atoms with E-state index in [1.165, 1.54) is 7.11 Å². The molecule has 0 radical (unpaired) electrons. The second-order valence-corrected chi connectivity index (χ2v) is 11.4. The zero-order valence-corrected chi connectivity index (χ0v) is 24.5. The summed E-state index contributed by atoms with van der Waals surface area (Å²) >= 11 is 0. The van der Waals surface area contributed by atoms with Gasteiger partial charge < -0.3 is 104 Å². The largest absolute Gasteiger partial charge is 0.394 e. The standard InChI is InChI=1S/C25H44O21/c1-39-18-6(2-26)41-23(15(35)11(18)31)45-20-8(4-28)43-25(17(37)13(20)33)46-21-9(5-29)42-24(16(36)12(21)32)44-19-7(3-27)40-22(38)14(34)10(19)30/h6-38H,2-5H2,1H3/t6-,7?,8?,9-,10+,11?,12?,13+,14?,15?,16?,17?,18+,19+,20+,21+,22+,23-,24-,25-/m0/s1. The third-order valence-electron chi connectivity index (χ3n) is 8.45. The van der Waals surface area contributed by atoms with Gasteiger partial charge in [0.15, 0.2) is 25.2 Å². The van der Waals surface area contributed by atoms with Crippen molar-refractivity contribution in [3.05, 3.63) is 0 Å². The van der Waals surface area contributed by atoms with Gasteiger partial charge in [-0.15, -0.1) is 0 Å². The maximum Gasteiger partial charge on any atom is 0.187 e. The first-order valence-electron chi connectivity index (χ1n) is 14.5. The molecule has 20 atom stereocenters. The molecular formula is C25H44O21. The third-order valence-corrected chi connectivity index (χ3v) is 8.45. The molecule has 0 aliphatic carbocycles. The fraction of sp³-hybridized carbons (Fsp3) is 1.00. The summed E-state index contributed by atoms with van der Waals surface area (Å²) < 4.78 is 43.2. The highest BCUT2D eigenvalue weighted by molar-refractivity contribution is 4.97. The Morgan fingerprint density at radius 2 is 0.674 bits per heavy atom. The first-order chi connectivity index (χ1) is 21.8. The van der Waals surface area contributed by atoms with Crippen molar-refractivity contribution in [2.45, 2.75) is 123 Å². The minimum atomic E-state index is -2.00. The van der Waals surface area contributed by atoms with Gasteiger partial charge in [-0.3, -0.25) is 0 Å². The number of aliphatic hydroxyl groups is 13. The predicted octanol–water partition coefficient (Wildman–Crippen LogP) is -9.09. The van der Waals surface area contributed by atoms with E-state index in [1.54, 1.807) is 0 Å². The predicted molar refractivity (Wildman–Crippen MR) is 139 cm³/mol. The number of ether oxygens (including phenoxy) is 8. The topological polar surface area (TPSA) is 337 Å². The van der Waals surface area contributed by atoms with Crippen LogP contribution in [0.15, 0.2) is 0 Å². The van der Waals surface area contributed by atoms with E-state index in [0.29, 0.717) is 0 Å². The second-order valence-electron chi connectivity index (χ2n) is 11.4. The Kier molecular flexibility index (Phi) is 13.4. The second kappa shape index (κ2) is 16.2. The quantitative estimate of drug-likeness (QED) is 0.0963. The molecule has 0 amide bonds. The summed E-state index contributed by atoms with van der Waals surface area (Å²) in [6, 6.07) is 0. The van der Waals surface area contributed by atoms with E-state index in [0.717, 1.165) is 0 Å². The lowest BCUT2D eigenvalue weighted by atomic mass is 9.95. The van der Waals surface area contributed by atoms with Crippen molar-refractivity contribution >= 4 is 0 Å². The SMILES string of the molecule is CO[C@H]1C(O)C(O)[C@H](O[C@@H]2C(CO)O[C@@H](O[C@H]3C(O)C(O)[C@H](O[C@@H]4C(CO)O[C@@H](O)C(O)[C@H]4O)O[C@H]3CO)C(O)[C@H]2O)O[C@H]1CO. The number of hydrogen-bond acceptors (Lipinski definition) is 21. The minimum Gasteiger partial charge on any atom is -0.394 e. The van der Waals surface area contributed by atoms with Crippen LogP contribution in [0.2, 0.25) is 0 Å². The van der Waals surface area contributed by atoms with Crippen LogP contribution >= 0.6 is 0 Å². The van der Waals surface area contributed by atoms with Gasteiger partial charge >= 0.3 is 0 Å². The molecule has 4 aliphatic heterocycles. The summed E-state index contributed by atoms with van der Waals surface area (Å²) in [6.45, 7) is -3.21. The van der Waals surface area contributed by atoms with Gasteiger partial charge in [0.05, 0.1) is 26.4 Å². The molecule has 21 heteroatoms. The molecule has 270 valence electrons. The summed E-state index contributed by atoms with van der Waals surface area (Å²) in [7, 11) is 1.21. The van der Waals surface area contributed by atoms with Crippen molar-refractivity contribution in [3.8, 4) is 0 Å². The molecule has 8 unspecified atom stereocenters. The molecule has 4 saturated heterocycles. The molecule has 13 N–H and O–H groups in total. The molecule has 4 heterocycles. The van der Waals surface area contributed by atoms with E-state index in [4.69, 9.17) is 37.9 Å². The van der Waals surface area contributed by atoms with E-state index >= 15 is 0 Å². The molecular weight excluding hydrogens is 636 g/mol. The van der Waals surface area contributed by atoms with Gasteiger partial charge in [0, 0.05) is 7.11 Å². The smallest absolute Gasteiger partial charge is 0.187 e. The van der Waals surface area contributed by atoms with Crippen molar-refractivity contribution in [3.63, 3.8) is 0 Å². The van der Waals surface area contributed by atoms with E-state index in [2.05, 4.69) is 0 Å². The maximum atomic E-state index is 10.9. The van der Waals surface area contributed by atoms with Crippen LogP contribution in [0.5, 0.6) is 0 Å². The Balaban J connectivity index is 1.43. The Hall–Kier alpha value is -0.840. The summed E-state index contributed by atoms with van der Waals surface area (Å²) in [6.07, 6.45) is -33.8. The molecule has 4 fully saturated rings. The van der Waals surface area contributed by atoms with Crippen LogP contribution in [0.4, 0.5) is 0 Å². The van der Waals surface area contributed by atoms with Gasteiger partial charge in [0.2, 0.25) is 0 Å². The molecule has 21 nitrogen and oxygen atoms in total. The lowest BCUT2D eigenvalue weighted by molar-refractivity contribution is -0.387. The van der Waals surface area contributed by atoms with Crippen LogP contribution in [0.1, 0.15) is 0 Å². The van der Waals surface area contributed by atoms with Gasteiger partial charge in [-0.25, -0.2) is 0 Å². The zero-order chi connectivity index (χ0) is 34.0. The van der Waals surface area contributed by atoms with Gasteiger partial charge in [-0.05, 0) is 0 Å². The highest BCUT2D eigenvalue weighted by atomic mass is 16.8. The average Bonchev–Trinajstić information content (AvgIpc) is 3.05. The highest BCUT2D eigenvalue weighted by Gasteiger charge is 2.55. The molecule has 0 saturated carbocycles. The van der Waals surface area contributed by atoms with Gasteiger partial charge in [-0.2, -0.15) is 0 Å². The Bertz CT molecular complexity index is 926. The lowest BCUT2D eigenvalue weighted by Crippen LogP contribution is -2.67. The highest BCUT2D eigenvalue weighted by Crippen LogP contribution is 2.34. The molecule has 4 rings (SSSR count). The normalized spacial score (nSPS) is 52.0. The van der Waals surface area contributed by atoms with Crippen molar-refractivity contribution in [1.82, 2.24) is 0 Å². The zero-order valence-electron chi connectivity index (χ0n) is 24.5. The van der Waals surface area contributed by atoms with Gasteiger partial charge in [0.1, 0.15) is 97.7 Å². The van der Waals surface area contributed by atoms with Crippen molar-refractivity contribution in [2.24, 2.45) is 0 Å². The summed E-state index contributed by atoms with van der Waals surface area (Å²) in [5.41, 5.74) is 0. The molecule has 0 aromatic carbocycles. The Morgan fingerprint density at radius 1 is 0.391 bits per heavy atom. The monoisotopic (exact) mass is 680 g/mol. The average molecular weight is 681 g/mol. The van der Waals surface area contributed by atoms with E-state index in [9.17, 15) is 66.4 Å². The van der Waals surface area contributed by atoms with Crippen LogP contribution in [-0.2, 0) is 37.9 Å². The number of aliphatic hydroxyl groups excluding tert-OH is 13. The Morgan fingerprint density at radius 3 is 1.00 bits per heavy atom. The first-order valence-corrected chi connectivity index (χ1v) is 14.5. The van der Waals surface area contributed by atoms with Crippen LogP contribution in [0, 0.1) is 0 Å². The van der Waals surface area contributed by atoms with Crippen LogP contribution in [0.25, 0.3) is 0 Å². The van der Waals surface area contributed by atoms with Crippen molar-refractivity contribution in [2.75, 3.05) is 33.5 Å². The first kappa shape index (κ1) is 38.0. The molecule has 4 aliphatic rings. The minimum absolute atomic E-state index is 0.647. The van der Waals surface area contributed by atoms with E-state index in [1.807, 2.05) is 0 Å². The van der Waals surface area contributed by atoms with Crippen molar-refractivity contribution < 1.29 is 104 Å².